The van der Waals surface area contributed by atoms with E-state index in [1.807, 2.05) is 60.7 Å². The van der Waals surface area contributed by atoms with Crippen LogP contribution in [0.5, 0.6) is 0 Å². The van der Waals surface area contributed by atoms with Crippen LogP contribution in [0.25, 0.3) is 0 Å². The van der Waals surface area contributed by atoms with Crippen LogP contribution in [0.2, 0.25) is 0 Å². The van der Waals surface area contributed by atoms with Crippen LogP contribution in [-0.4, -0.2) is 18.1 Å². The van der Waals surface area contributed by atoms with Gasteiger partial charge in [-0.3, -0.25) is 0 Å². The number of unbranched alkanes of at least 4 members (excludes halogenated alkanes) is 2. The fourth-order valence-corrected chi connectivity index (χ4v) is 3.54. The molecule has 0 fully saturated rings. The molecular weight excluding hydrogens is 395 g/mol. The van der Waals surface area contributed by atoms with Gasteiger partial charge in [0.25, 0.3) is 0 Å². The third kappa shape index (κ3) is 7.42. The average molecular weight is 427 g/mol. The van der Waals surface area contributed by atoms with Crippen molar-refractivity contribution < 1.29 is 4.39 Å². The van der Waals surface area contributed by atoms with Crippen molar-refractivity contribution in [3.05, 3.63) is 119 Å². The standard InChI is InChI=1S/C29H31FN2/c1-3-4-5-7-10-24-13-15-26(16-14-24)22-31-32-29(27-11-8-6-9-12-27)28-19-17-25(18-20-28)21-23(2)30/h3,6,8-9,11-20,22-23H,1,4-5,7,10,21H2,2H3. The molecule has 0 aromatic heterocycles. The molecule has 0 aliphatic carbocycles. The molecule has 3 rings (SSSR count). The molecule has 164 valence electrons. The van der Waals surface area contributed by atoms with Crippen molar-refractivity contribution >= 4 is 11.9 Å². The van der Waals surface area contributed by atoms with Crippen LogP contribution >= 0.6 is 0 Å². The van der Waals surface area contributed by atoms with Crippen molar-refractivity contribution in [2.75, 3.05) is 0 Å². The number of benzene rings is 3. The van der Waals surface area contributed by atoms with Gasteiger partial charge in [0.15, 0.2) is 0 Å². The van der Waals surface area contributed by atoms with Crippen LogP contribution in [0.15, 0.2) is 102 Å². The Hall–Kier alpha value is -3.33. The lowest BCUT2D eigenvalue weighted by atomic mass is 10.00. The van der Waals surface area contributed by atoms with E-state index in [0.717, 1.165) is 40.8 Å². The summed E-state index contributed by atoms with van der Waals surface area (Å²) in [7, 11) is 0. The fraction of sp³-hybridized carbons (Fsp3) is 0.241. The van der Waals surface area contributed by atoms with Crippen molar-refractivity contribution in [1.82, 2.24) is 0 Å². The largest absolute Gasteiger partial charge is 0.247 e. The minimum absolute atomic E-state index is 0.417. The van der Waals surface area contributed by atoms with Gasteiger partial charge in [-0.05, 0) is 49.3 Å². The number of allylic oxidation sites excluding steroid dienone is 1. The molecule has 2 nitrogen and oxygen atoms in total. The molecule has 1 unspecified atom stereocenters. The van der Waals surface area contributed by atoms with Gasteiger partial charge in [-0.2, -0.15) is 5.10 Å². The first kappa shape index (κ1) is 23.3. The number of rotatable bonds is 11. The molecule has 3 aromatic carbocycles. The van der Waals surface area contributed by atoms with Crippen molar-refractivity contribution in [2.24, 2.45) is 10.2 Å². The van der Waals surface area contributed by atoms with Gasteiger partial charge in [0.05, 0.1) is 6.21 Å². The van der Waals surface area contributed by atoms with E-state index in [-0.39, 0.29) is 0 Å². The Morgan fingerprint density at radius 2 is 1.53 bits per heavy atom. The predicted molar refractivity (Wildman–Crippen MR) is 135 cm³/mol. The zero-order valence-electron chi connectivity index (χ0n) is 18.8. The van der Waals surface area contributed by atoms with E-state index in [9.17, 15) is 4.39 Å². The summed E-state index contributed by atoms with van der Waals surface area (Å²) in [5.74, 6) is 0. The summed E-state index contributed by atoms with van der Waals surface area (Å²) in [6.07, 6.45) is 7.83. The summed E-state index contributed by atoms with van der Waals surface area (Å²) in [5.41, 5.74) is 6.07. The van der Waals surface area contributed by atoms with Crippen LogP contribution in [0, 0.1) is 0 Å². The second-order valence-corrected chi connectivity index (χ2v) is 8.02. The van der Waals surface area contributed by atoms with Gasteiger partial charge in [-0.1, -0.05) is 84.9 Å². The predicted octanol–water partition coefficient (Wildman–Crippen LogP) is 7.36. The molecule has 32 heavy (non-hydrogen) atoms. The average Bonchev–Trinajstić information content (AvgIpc) is 2.81. The van der Waals surface area contributed by atoms with Crippen molar-refractivity contribution in [3.63, 3.8) is 0 Å². The number of hydrogen-bond donors (Lipinski definition) is 0. The van der Waals surface area contributed by atoms with E-state index in [1.165, 1.54) is 18.4 Å². The molecule has 0 N–H and O–H groups in total. The van der Waals surface area contributed by atoms with Gasteiger partial charge in [0.1, 0.15) is 11.9 Å². The van der Waals surface area contributed by atoms with Gasteiger partial charge in [0, 0.05) is 17.5 Å². The van der Waals surface area contributed by atoms with Crippen molar-refractivity contribution in [3.8, 4) is 0 Å². The minimum atomic E-state index is -0.855. The second kappa shape index (κ2) is 12.5. The lowest BCUT2D eigenvalue weighted by Gasteiger charge is -2.08. The molecule has 3 heteroatoms. The van der Waals surface area contributed by atoms with E-state index in [2.05, 4.69) is 41.0 Å². The van der Waals surface area contributed by atoms with Crippen LogP contribution in [0.1, 0.15) is 54.0 Å². The van der Waals surface area contributed by atoms with E-state index in [4.69, 9.17) is 0 Å². The van der Waals surface area contributed by atoms with Crippen LogP contribution in [0.4, 0.5) is 4.39 Å². The van der Waals surface area contributed by atoms with Gasteiger partial charge < -0.3 is 0 Å². The normalized spacial score (nSPS) is 12.8. The summed E-state index contributed by atoms with van der Waals surface area (Å²) < 4.78 is 13.3. The molecule has 0 aliphatic rings. The smallest absolute Gasteiger partial charge is 0.101 e. The monoisotopic (exact) mass is 426 g/mol. The van der Waals surface area contributed by atoms with Gasteiger partial charge in [-0.25, -0.2) is 4.39 Å². The third-order valence-corrected chi connectivity index (χ3v) is 5.26. The molecular formula is C29H31FN2. The van der Waals surface area contributed by atoms with Crippen molar-refractivity contribution in [1.29, 1.82) is 0 Å². The molecule has 0 heterocycles. The molecule has 3 aromatic rings. The number of hydrogen-bond acceptors (Lipinski definition) is 2. The summed E-state index contributed by atoms with van der Waals surface area (Å²) in [6, 6.07) is 26.4. The molecule has 0 radical (unpaired) electrons. The van der Waals surface area contributed by atoms with Crippen LogP contribution in [-0.2, 0) is 12.8 Å². The van der Waals surface area contributed by atoms with Gasteiger partial charge >= 0.3 is 0 Å². The zero-order chi connectivity index (χ0) is 22.6. The van der Waals surface area contributed by atoms with Crippen LogP contribution < -0.4 is 0 Å². The minimum Gasteiger partial charge on any atom is -0.247 e. The quantitative estimate of drug-likeness (QED) is 0.132. The number of aryl methyl sites for hydroxylation is 1. The van der Waals surface area contributed by atoms with E-state index >= 15 is 0 Å². The van der Waals surface area contributed by atoms with E-state index < -0.39 is 6.17 Å². The molecule has 0 spiro atoms. The second-order valence-electron chi connectivity index (χ2n) is 8.02. The molecule has 0 saturated carbocycles. The Balaban J connectivity index is 1.75. The first-order valence-corrected chi connectivity index (χ1v) is 11.3. The lowest BCUT2D eigenvalue weighted by Crippen LogP contribution is -2.04. The van der Waals surface area contributed by atoms with Crippen molar-refractivity contribution in [2.45, 2.75) is 45.2 Å². The SMILES string of the molecule is C=CCCCCc1ccc(C=NN=C(c2ccccc2)c2ccc(CC(C)F)cc2)cc1. The highest BCUT2D eigenvalue weighted by atomic mass is 19.1. The molecule has 0 bridgehead atoms. The Kier molecular flexibility index (Phi) is 9.12. The summed E-state index contributed by atoms with van der Waals surface area (Å²) in [6.45, 7) is 5.35. The van der Waals surface area contributed by atoms with E-state index in [1.54, 1.807) is 13.1 Å². The molecule has 0 saturated heterocycles. The Bertz CT molecular complexity index is 1020. The topological polar surface area (TPSA) is 24.7 Å². The van der Waals surface area contributed by atoms with Gasteiger partial charge in [-0.15, -0.1) is 11.7 Å². The highest BCUT2D eigenvalue weighted by Gasteiger charge is 2.08. The summed E-state index contributed by atoms with van der Waals surface area (Å²) in [5, 5.41) is 8.92. The number of alkyl halides is 1. The van der Waals surface area contributed by atoms with Gasteiger partial charge in [0.2, 0.25) is 0 Å². The maximum atomic E-state index is 13.3. The summed E-state index contributed by atoms with van der Waals surface area (Å²) in [4.78, 5) is 0. The molecule has 0 aliphatic heterocycles. The first-order valence-electron chi connectivity index (χ1n) is 11.3. The first-order chi connectivity index (χ1) is 15.7. The zero-order valence-corrected chi connectivity index (χ0v) is 18.8. The Morgan fingerprint density at radius 1 is 0.875 bits per heavy atom. The fourth-order valence-electron chi connectivity index (χ4n) is 3.54. The molecule has 0 amide bonds. The Morgan fingerprint density at radius 3 is 2.19 bits per heavy atom. The van der Waals surface area contributed by atoms with Crippen LogP contribution in [0.3, 0.4) is 0 Å². The lowest BCUT2D eigenvalue weighted by molar-refractivity contribution is 0.360. The maximum Gasteiger partial charge on any atom is 0.101 e. The molecule has 1 atom stereocenters. The maximum absolute atomic E-state index is 13.3. The Labute approximate surface area is 191 Å². The highest BCUT2D eigenvalue weighted by Crippen LogP contribution is 2.15. The summed E-state index contributed by atoms with van der Waals surface area (Å²) >= 11 is 0. The third-order valence-electron chi connectivity index (χ3n) is 5.26. The number of halogens is 1. The highest BCUT2D eigenvalue weighted by molar-refractivity contribution is 6.13. The van der Waals surface area contributed by atoms with E-state index in [0.29, 0.717) is 6.42 Å². The number of nitrogens with zero attached hydrogens (tertiary/aromatic N) is 2.